The third kappa shape index (κ3) is 2.01. The van der Waals surface area contributed by atoms with E-state index in [4.69, 9.17) is 0 Å². The summed E-state index contributed by atoms with van der Waals surface area (Å²) >= 11 is 0. The van der Waals surface area contributed by atoms with Crippen LogP contribution in [-0.4, -0.2) is 34.1 Å². The molecule has 17 heavy (non-hydrogen) atoms. The molecule has 2 aliphatic heterocycles. The summed E-state index contributed by atoms with van der Waals surface area (Å²) in [6.45, 7) is 4.78. The van der Waals surface area contributed by atoms with E-state index in [9.17, 15) is 0 Å². The lowest BCUT2D eigenvalue weighted by Crippen LogP contribution is -2.28. The van der Waals surface area contributed by atoms with Gasteiger partial charge in [0.25, 0.3) is 0 Å². The number of hydrogen-bond donors (Lipinski definition) is 0. The summed E-state index contributed by atoms with van der Waals surface area (Å²) in [5.41, 5.74) is 1.46. The quantitative estimate of drug-likeness (QED) is 0.782. The second-order valence-electron chi connectivity index (χ2n) is 5.77. The molecule has 3 rings (SSSR count). The van der Waals surface area contributed by atoms with Crippen molar-refractivity contribution < 1.29 is 0 Å². The highest BCUT2D eigenvalue weighted by Crippen LogP contribution is 2.28. The molecule has 0 N–H and O–H groups in total. The van der Waals surface area contributed by atoms with Crippen LogP contribution in [0, 0.1) is 0 Å². The van der Waals surface area contributed by atoms with E-state index in [-0.39, 0.29) is 0 Å². The normalized spacial score (nSPS) is 29.5. The smallest absolute Gasteiger partial charge is 0.110 e. The molecule has 94 valence electrons. The molecule has 1 aromatic heterocycles. The third-order valence-corrected chi connectivity index (χ3v) is 4.58. The fourth-order valence-corrected chi connectivity index (χ4v) is 3.39. The summed E-state index contributed by atoms with van der Waals surface area (Å²) in [5, 5.41) is 0. The molecular formula is C14H23N3. The van der Waals surface area contributed by atoms with E-state index in [0.29, 0.717) is 5.92 Å². The number of nitrogens with zero attached hydrogens (tertiary/aromatic N) is 3. The van der Waals surface area contributed by atoms with Crippen molar-refractivity contribution >= 4 is 0 Å². The van der Waals surface area contributed by atoms with Crippen LogP contribution in [0.25, 0.3) is 0 Å². The standard InChI is InChI=1S/C14H23N3/c1-11-5-3-8-17-13(11)10-15-14(17)9-12-6-4-7-16(12)2/h10-12H,3-9H2,1-2H3. The zero-order valence-electron chi connectivity index (χ0n) is 11.0. The molecule has 2 unspecified atom stereocenters. The lowest BCUT2D eigenvalue weighted by molar-refractivity contribution is 0.301. The molecule has 2 aliphatic rings. The SMILES string of the molecule is CC1CCCn2c1cnc2CC1CCCN1C. The average Bonchev–Trinajstić information content (AvgIpc) is 2.89. The molecule has 0 spiro atoms. The topological polar surface area (TPSA) is 21.1 Å². The largest absolute Gasteiger partial charge is 0.332 e. The maximum atomic E-state index is 4.68. The molecule has 1 saturated heterocycles. The minimum Gasteiger partial charge on any atom is -0.332 e. The molecule has 1 aromatic rings. The fraction of sp³-hybridized carbons (Fsp3) is 0.786. The van der Waals surface area contributed by atoms with Crippen molar-refractivity contribution in [2.45, 2.75) is 57.5 Å². The molecule has 0 saturated carbocycles. The molecular weight excluding hydrogens is 210 g/mol. The van der Waals surface area contributed by atoms with Gasteiger partial charge in [-0.25, -0.2) is 4.98 Å². The minimum atomic E-state index is 0.700. The average molecular weight is 233 g/mol. The van der Waals surface area contributed by atoms with Gasteiger partial charge in [0, 0.05) is 30.9 Å². The monoisotopic (exact) mass is 233 g/mol. The Morgan fingerprint density at radius 2 is 2.12 bits per heavy atom. The van der Waals surface area contributed by atoms with E-state index in [1.54, 1.807) is 0 Å². The van der Waals surface area contributed by atoms with Crippen LogP contribution < -0.4 is 0 Å². The summed E-state index contributed by atoms with van der Waals surface area (Å²) in [5.74, 6) is 2.02. The Balaban J connectivity index is 1.79. The van der Waals surface area contributed by atoms with Gasteiger partial charge in [-0.15, -0.1) is 0 Å². The fourth-order valence-electron chi connectivity index (χ4n) is 3.39. The van der Waals surface area contributed by atoms with Gasteiger partial charge in [0.05, 0.1) is 0 Å². The maximum Gasteiger partial charge on any atom is 0.110 e. The Kier molecular flexibility index (Phi) is 2.95. The first kappa shape index (κ1) is 11.3. The molecule has 1 fully saturated rings. The van der Waals surface area contributed by atoms with Crippen LogP contribution in [0.3, 0.4) is 0 Å². The van der Waals surface area contributed by atoms with Gasteiger partial charge in [-0.1, -0.05) is 6.92 Å². The summed E-state index contributed by atoms with van der Waals surface area (Å²) < 4.78 is 2.49. The van der Waals surface area contributed by atoms with Gasteiger partial charge in [0.15, 0.2) is 0 Å². The Hall–Kier alpha value is -0.830. The molecule has 0 aromatic carbocycles. The first-order valence-electron chi connectivity index (χ1n) is 7.00. The van der Waals surface area contributed by atoms with E-state index in [0.717, 1.165) is 12.5 Å². The molecule has 0 radical (unpaired) electrons. The maximum absolute atomic E-state index is 4.68. The predicted molar refractivity (Wildman–Crippen MR) is 69.2 cm³/mol. The van der Waals surface area contributed by atoms with Gasteiger partial charge in [-0.2, -0.15) is 0 Å². The van der Waals surface area contributed by atoms with Crippen LogP contribution in [0.4, 0.5) is 0 Å². The lowest BCUT2D eigenvalue weighted by Gasteiger charge is -2.24. The van der Waals surface area contributed by atoms with Gasteiger partial charge in [-0.05, 0) is 45.2 Å². The number of fused-ring (bicyclic) bond motifs is 1. The number of aromatic nitrogens is 2. The van der Waals surface area contributed by atoms with E-state index < -0.39 is 0 Å². The molecule has 0 aliphatic carbocycles. The highest BCUT2D eigenvalue weighted by Gasteiger charge is 2.25. The van der Waals surface area contributed by atoms with Crippen molar-refractivity contribution in [3.63, 3.8) is 0 Å². The Bertz CT molecular complexity index is 396. The zero-order chi connectivity index (χ0) is 11.8. The van der Waals surface area contributed by atoms with Gasteiger partial charge in [0.1, 0.15) is 5.82 Å². The number of likely N-dealkylation sites (tertiary alicyclic amines) is 1. The first-order valence-corrected chi connectivity index (χ1v) is 7.00. The van der Waals surface area contributed by atoms with Crippen molar-refractivity contribution in [2.75, 3.05) is 13.6 Å². The van der Waals surface area contributed by atoms with Gasteiger partial charge in [-0.3, -0.25) is 0 Å². The van der Waals surface area contributed by atoms with E-state index in [1.165, 1.54) is 50.3 Å². The van der Waals surface area contributed by atoms with Gasteiger partial charge in [0.2, 0.25) is 0 Å². The Morgan fingerprint density at radius 3 is 2.88 bits per heavy atom. The van der Waals surface area contributed by atoms with Crippen LogP contribution in [0.15, 0.2) is 6.20 Å². The number of imidazole rings is 1. The lowest BCUT2D eigenvalue weighted by atomic mass is 9.98. The summed E-state index contributed by atoms with van der Waals surface area (Å²) in [4.78, 5) is 7.18. The summed E-state index contributed by atoms with van der Waals surface area (Å²) in [6.07, 6.45) is 8.60. The van der Waals surface area contributed by atoms with E-state index in [2.05, 4.69) is 34.6 Å². The molecule has 3 nitrogen and oxygen atoms in total. The zero-order valence-corrected chi connectivity index (χ0v) is 11.0. The van der Waals surface area contributed by atoms with Crippen LogP contribution in [-0.2, 0) is 13.0 Å². The second-order valence-corrected chi connectivity index (χ2v) is 5.77. The van der Waals surface area contributed by atoms with Crippen LogP contribution in [0.1, 0.15) is 50.0 Å². The van der Waals surface area contributed by atoms with Gasteiger partial charge < -0.3 is 9.47 Å². The summed E-state index contributed by atoms with van der Waals surface area (Å²) in [6, 6.07) is 0.721. The molecule has 2 atom stereocenters. The van der Waals surface area contributed by atoms with E-state index in [1.807, 2.05) is 0 Å². The van der Waals surface area contributed by atoms with Crippen molar-refractivity contribution in [3.8, 4) is 0 Å². The first-order chi connectivity index (χ1) is 8.25. The molecule has 3 heterocycles. The number of hydrogen-bond acceptors (Lipinski definition) is 2. The third-order valence-electron chi connectivity index (χ3n) is 4.58. The number of rotatable bonds is 2. The van der Waals surface area contributed by atoms with Crippen molar-refractivity contribution in [1.29, 1.82) is 0 Å². The van der Waals surface area contributed by atoms with Crippen molar-refractivity contribution in [2.24, 2.45) is 0 Å². The highest BCUT2D eigenvalue weighted by atomic mass is 15.2. The Labute approximate surface area is 104 Å². The highest BCUT2D eigenvalue weighted by molar-refractivity contribution is 5.13. The Morgan fingerprint density at radius 1 is 1.29 bits per heavy atom. The van der Waals surface area contributed by atoms with E-state index >= 15 is 0 Å². The molecule has 3 heteroatoms. The molecule has 0 bridgehead atoms. The summed E-state index contributed by atoms with van der Waals surface area (Å²) in [7, 11) is 2.25. The van der Waals surface area contributed by atoms with Crippen LogP contribution in [0.2, 0.25) is 0 Å². The minimum absolute atomic E-state index is 0.700. The van der Waals surface area contributed by atoms with Crippen LogP contribution >= 0.6 is 0 Å². The van der Waals surface area contributed by atoms with Crippen LogP contribution in [0.5, 0.6) is 0 Å². The number of likely N-dealkylation sites (N-methyl/N-ethyl adjacent to an activating group) is 1. The van der Waals surface area contributed by atoms with Gasteiger partial charge >= 0.3 is 0 Å². The van der Waals surface area contributed by atoms with Crippen molar-refractivity contribution in [1.82, 2.24) is 14.5 Å². The second kappa shape index (κ2) is 4.45. The predicted octanol–water partition coefficient (Wildman–Crippen LogP) is 2.42. The van der Waals surface area contributed by atoms with Crippen molar-refractivity contribution in [3.05, 3.63) is 17.7 Å². The molecule has 0 amide bonds.